The average Bonchev–Trinajstić information content (AvgIpc) is 3.73. The Kier molecular flexibility index (Phi) is 6.95. The molecule has 42 heavy (non-hydrogen) atoms. The Morgan fingerprint density at radius 3 is 2.74 bits per heavy atom. The highest BCUT2D eigenvalue weighted by molar-refractivity contribution is 7.99. The van der Waals surface area contributed by atoms with Crippen LogP contribution in [0.15, 0.2) is 48.6 Å². The number of ether oxygens (including phenoxy) is 2. The number of allylic oxidation sites excluding steroid dienone is 1. The Morgan fingerprint density at radius 1 is 1.14 bits per heavy atom. The number of amides is 1. The second-order valence-corrected chi connectivity index (χ2v) is 16.3. The normalized spacial score (nSPS) is 38.4. The molecule has 3 aliphatic heterocycles. The molecule has 2 aromatic rings. The summed E-state index contributed by atoms with van der Waals surface area (Å²) in [7, 11) is -2.88. The number of aryl methyl sites for hydroxylation is 1. The summed E-state index contributed by atoms with van der Waals surface area (Å²) in [5, 5.41) is 0.488. The second-order valence-electron chi connectivity index (χ2n) is 13.5. The molecule has 0 aromatic heterocycles. The van der Waals surface area contributed by atoms with Crippen molar-refractivity contribution in [3.05, 3.63) is 70.3 Å². The number of halogens is 1. The van der Waals surface area contributed by atoms with Crippen molar-refractivity contribution < 1.29 is 18.5 Å². The summed E-state index contributed by atoms with van der Waals surface area (Å²) in [6.45, 7) is 7.00. The van der Waals surface area contributed by atoms with Crippen LogP contribution >= 0.6 is 11.6 Å². The Bertz CT molecular complexity index is 1550. The van der Waals surface area contributed by atoms with E-state index in [-0.39, 0.29) is 28.1 Å². The topological polar surface area (TPSA) is 71.2 Å². The van der Waals surface area contributed by atoms with Crippen molar-refractivity contribution in [2.24, 2.45) is 17.8 Å². The summed E-state index contributed by atoms with van der Waals surface area (Å²) in [4.78, 5) is 16.0. The molecule has 1 unspecified atom stereocenters. The van der Waals surface area contributed by atoms with E-state index in [0.29, 0.717) is 24.0 Å². The number of anilines is 1. The van der Waals surface area contributed by atoms with Crippen molar-refractivity contribution in [3.63, 3.8) is 0 Å². The summed E-state index contributed by atoms with van der Waals surface area (Å²) >= 11 is 6.43. The Balaban J connectivity index is 1.31. The Labute approximate surface area is 254 Å². The maximum atomic E-state index is 13.7. The van der Waals surface area contributed by atoms with Gasteiger partial charge >= 0.3 is 0 Å². The van der Waals surface area contributed by atoms with Crippen LogP contribution in [0.3, 0.4) is 0 Å². The van der Waals surface area contributed by atoms with Crippen molar-refractivity contribution in [1.82, 2.24) is 4.72 Å². The summed E-state index contributed by atoms with van der Waals surface area (Å²) in [6, 6.07) is 11.9. The first-order chi connectivity index (χ1) is 20.1. The third kappa shape index (κ3) is 4.86. The third-order valence-corrected chi connectivity index (χ3v) is 13.3. The van der Waals surface area contributed by atoms with Gasteiger partial charge in [0.25, 0.3) is 5.91 Å². The minimum absolute atomic E-state index is 0.0906. The molecule has 7 atom stereocenters. The predicted molar refractivity (Wildman–Crippen MR) is 170 cm³/mol. The number of carbonyl (C=O) groups is 1. The maximum Gasteiger partial charge on any atom is 0.262 e. The summed E-state index contributed by atoms with van der Waals surface area (Å²) in [6.07, 6.45) is 10.7. The second kappa shape index (κ2) is 10.3. The summed E-state index contributed by atoms with van der Waals surface area (Å²) in [5.74, 6) is 5.45. The van der Waals surface area contributed by atoms with E-state index in [1.54, 1.807) is 6.07 Å². The molecule has 3 heterocycles. The fourth-order valence-electron chi connectivity index (χ4n) is 7.84. The molecule has 8 heteroatoms. The molecule has 6 nitrogen and oxygen atoms in total. The van der Waals surface area contributed by atoms with Crippen LogP contribution in [0.1, 0.15) is 67.4 Å². The number of benzene rings is 2. The van der Waals surface area contributed by atoms with Gasteiger partial charge in [-0.3, -0.25) is 9.52 Å². The Hall–Kier alpha value is -2.48. The highest BCUT2D eigenvalue weighted by atomic mass is 35.5. The molecule has 1 saturated heterocycles. The van der Waals surface area contributed by atoms with E-state index in [4.69, 9.17) is 21.1 Å². The number of nitrogens with one attached hydrogen (secondary N) is 1. The summed E-state index contributed by atoms with van der Waals surface area (Å²) in [5.41, 5.74) is 3.67. The molecule has 2 aliphatic carbocycles. The first kappa shape index (κ1) is 28.3. The van der Waals surface area contributed by atoms with Gasteiger partial charge in [0.15, 0.2) is 0 Å². The molecule has 1 saturated carbocycles. The molecule has 224 valence electrons. The number of fused-ring (bicyclic) bond motifs is 5. The maximum absolute atomic E-state index is 13.7. The first-order valence-corrected chi connectivity index (χ1v) is 17.6. The zero-order valence-corrected chi connectivity index (χ0v) is 26.1. The van der Waals surface area contributed by atoms with Crippen LogP contribution < -0.4 is 14.4 Å². The van der Waals surface area contributed by atoms with Crippen LogP contribution in [0, 0.1) is 17.8 Å². The number of hydrogen-bond donors (Lipinski definition) is 1. The van der Waals surface area contributed by atoms with Crippen LogP contribution in [0.2, 0.25) is 5.02 Å². The standard InChI is InChI=1S/C34H41ClN2O4S/c1-22-6-4-15-34(21-41-34)29-11-8-26(29)18-37-19-33(14-5-7-24-16-27(35)10-12-28(24)33)20-40-31-13-9-25(17-30(31)37)32(38)36-42(3,39)23(22)2/h4,9-10,12-13,15-17,22-23,26,29H,3,5-8,11,14,18-21H2,1-2H3,(H,36,38,39)/b15-4+/t22-,23+,26-,29+,33-,34-,42?/m0/s1. The Morgan fingerprint density at radius 2 is 1.98 bits per heavy atom. The number of nitrogens with zero attached hydrogens (tertiary/aromatic N) is 1. The molecule has 2 spiro atoms. The lowest BCUT2D eigenvalue weighted by Crippen LogP contribution is -2.50. The van der Waals surface area contributed by atoms with E-state index >= 15 is 0 Å². The molecular weight excluding hydrogens is 568 g/mol. The fraction of sp³-hybridized carbons (Fsp3) is 0.529. The summed E-state index contributed by atoms with van der Waals surface area (Å²) < 4.78 is 29.3. The van der Waals surface area contributed by atoms with E-state index in [0.717, 1.165) is 74.7 Å². The zero-order valence-electron chi connectivity index (χ0n) is 24.6. The molecule has 7 rings (SSSR count). The molecule has 2 bridgehead atoms. The lowest BCUT2D eigenvalue weighted by molar-refractivity contribution is 0.0979. The van der Waals surface area contributed by atoms with Crippen LogP contribution in [0.25, 0.3) is 0 Å². The van der Waals surface area contributed by atoms with Crippen LogP contribution in [-0.4, -0.2) is 53.1 Å². The predicted octanol–water partition coefficient (Wildman–Crippen LogP) is 5.95. The first-order valence-electron chi connectivity index (χ1n) is 15.4. The number of carbonyl (C=O) groups excluding carboxylic acids is 1. The van der Waals surface area contributed by atoms with Gasteiger partial charge in [0.2, 0.25) is 0 Å². The monoisotopic (exact) mass is 608 g/mol. The van der Waals surface area contributed by atoms with Crippen LogP contribution in [-0.2, 0) is 26.3 Å². The van der Waals surface area contributed by atoms with Crippen molar-refractivity contribution >= 4 is 38.8 Å². The van der Waals surface area contributed by atoms with Crippen LogP contribution in [0.4, 0.5) is 5.69 Å². The number of rotatable bonds is 0. The van der Waals surface area contributed by atoms with E-state index in [2.05, 4.69) is 46.7 Å². The zero-order chi connectivity index (χ0) is 29.3. The highest BCUT2D eigenvalue weighted by Crippen LogP contribution is 2.52. The van der Waals surface area contributed by atoms with Crippen molar-refractivity contribution in [2.45, 2.75) is 68.6 Å². The lowest BCUT2D eigenvalue weighted by atomic mass is 9.66. The van der Waals surface area contributed by atoms with Crippen LogP contribution in [0.5, 0.6) is 5.75 Å². The molecule has 5 aliphatic rings. The van der Waals surface area contributed by atoms with Crippen molar-refractivity contribution in [2.75, 3.05) is 31.2 Å². The van der Waals surface area contributed by atoms with Gasteiger partial charge in [-0.1, -0.05) is 36.7 Å². The minimum Gasteiger partial charge on any atom is -0.490 e. The quantitative estimate of drug-likeness (QED) is 0.227. The van der Waals surface area contributed by atoms with E-state index in [1.807, 2.05) is 25.1 Å². The smallest absolute Gasteiger partial charge is 0.262 e. The van der Waals surface area contributed by atoms with Gasteiger partial charge < -0.3 is 14.4 Å². The SMILES string of the molecule is C=S1(=O)NC(=O)c2ccc3c(c2)N(C[C@@H]2CC[C@H]2[C@]2(/C=C/C[C@H](C)[C@H]1C)CO2)C[C@@]1(CCCc2cc(Cl)ccc21)CO3. The minimum atomic E-state index is -2.88. The van der Waals surface area contributed by atoms with Gasteiger partial charge in [-0.05, 0) is 111 Å². The molecule has 2 aromatic carbocycles. The molecule has 2 fully saturated rings. The lowest BCUT2D eigenvalue weighted by Gasteiger charge is -2.45. The third-order valence-electron chi connectivity index (χ3n) is 10.9. The average molecular weight is 609 g/mol. The molecular formula is C34H41ClN2O4S. The van der Waals surface area contributed by atoms with Gasteiger partial charge in [-0.2, -0.15) is 0 Å². The van der Waals surface area contributed by atoms with Gasteiger partial charge in [0, 0.05) is 34.3 Å². The van der Waals surface area contributed by atoms with Gasteiger partial charge in [-0.15, -0.1) is 0 Å². The molecule has 1 amide bonds. The van der Waals surface area contributed by atoms with E-state index in [1.165, 1.54) is 11.1 Å². The van der Waals surface area contributed by atoms with E-state index in [9.17, 15) is 9.00 Å². The van der Waals surface area contributed by atoms with E-state index < -0.39 is 9.71 Å². The van der Waals surface area contributed by atoms with Gasteiger partial charge in [0.1, 0.15) is 11.4 Å². The van der Waals surface area contributed by atoms with Gasteiger partial charge in [0.05, 0.1) is 28.6 Å². The van der Waals surface area contributed by atoms with Gasteiger partial charge in [-0.25, -0.2) is 4.21 Å². The number of epoxide rings is 1. The van der Waals surface area contributed by atoms with Crippen molar-refractivity contribution in [1.29, 1.82) is 0 Å². The fourth-order valence-corrected chi connectivity index (χ4v) is 9.52. The molecule has 1 N–H and O–H groups in total. The number of hydrogen-bond acceptors (Lipinski definition) is 5. The molecule has 0 radical (unpaired) electrons. The largest absolute Gasteiger partial charge is 0.490 e. The highest BCUT2D eigenvalue weighted by Gasteiger charge is 2.56. The van der Waals surface area contributed by atoms with Crippen molar-refractivity contribution in [3.8, 4) is 5.75 Å².